The van der Waals surface area contributed by atoms with Gasteiger partial charge in [0.25, 0.3) is 0 Å². The molecular formula is C11H11Cl3N2O. The molecule has 2 N–H and O–H groups in total. The number of hydrogen-bond acceptors (Lipinski definition) is 3. The normalized spacial score (nSPS) is 10.1. The molecule has 0 amide bonds. The van der Waals surface area contributed by atoms with Gasteiger partial charge in [-0.1, -0.05) is 34.4 Å². The lowest BCUT2D eigenvalue weighted by Crippen LogP contribution is -1.98. The Hall–Kier alpha value is -0.740. The second-order valence-corrected chi connectivity index (χ2v) is 4.21. The van der Waals surface area contributed by atoms with Gasteiger partial charge in [-0.15, -0.1) is 12.4 Å². The van der Waals surface area contributed by atoms with Gasteiger partial charge in [0.15, 0.2) is 0 Å². The second-order valence-electron chi connectivity index (χ2n) is 3.40. The molecule has 0 fully saturated rings. The monoisotopic (exact) mass is 292 g/mol. The zero-order chi connectivity index (χ0) is 11.7. The number of aromatic nitrogens is 1. The molecule has 0 spiro atoms. The molecule has 17 heavy (non-hydrogen) atoms. The summed E-state index contributed by atoms with van der Waals surface area (Å²) in [6.07, 6.45) is 0. The number of halogens is 3. The lowest BCUT2D eigenvalue weighted by molar-refractivity contribution is 0.398. The van der Waals surface area contributed by atoms with Crippen LogP contribution in [0.3, 0.4) is 0 Å². The number of nitrogens with two attached hydrogens (primary N) is 1. The fourth-order valence-corrected chi connectivity index (χ4v) is 1.80. The highest BCUT2D eigenvalue weighted by atomic mass is 35.5. The molecule has 1 aromatic carbocycles. The SMILES string of the molecule is Cc1onc(-c2ccc(Cl)c(Cl)c2)c1CN.Cl. The molecule has 0 bridgehead atoms. The maximum absolute atomic E-state index is 5.94. The maximum Gasteiger partial charge on any atom is 0.138 e. The first kappa shape index (κ1) is 14.3. The highest BCUT2D eigenvalue weighted by Crippen LogP contribution is 2.30. The van der Waals surface area contributed by atoms with E-state index in [9.17, 15) is 0 Å². The van der Waals surface area contributed by atoms with Crippen molar-refractivity contribution in [3.05, 3.63) is 39.6 Å². The predicted molar refractivity (Wildman–Crippen MR) is 71.8 cm³/mol. The maximum atomic E-state index is 5.94. The van der Waals surface area contributed by atoms with Gasteiger partial charge in [-0.25, -0.2) is 0 Å². The van der Waals surface area contributed by atoms with Gasteiger partial charge in [0.1, 0.15) is 11.5 Å². The third-order valence-electron chi connectivity index (χ3n) is 2.38. The summed E-state index contributed by atoms with van der Waals surface area (Å²) >= 11 is 11.8. The van der Waals surface area contributed by atoms with Crippen molar-refractivity contribution in [1.82, 2.24) is 5.16 Å². The smallest absolute Gasteiger partial charge is 0.138 e. The van der Waals surface area contributed by atoms with Crippen LogP contribution < -0.4 is 5.73 Å². The van der Waals surface area contributed by atoms with Crippen molar-refractivity contribution >= 4 is 35.6 Å². The van der Waals surface area contributed by atoms with Gasteiger partial charge in [0.2, 0.25) is 0 Å². The summed E-state index contributed by atoms with van der Waals surface area (Å²) in [5.41, 5.74) is 8.10. The minimum absolute atomic E-state index is 0. The van der Waals surface area contributed by atoms with Crippen LogP contribution >= 0.6 is 35.6 Å². The average molecular weight is 294 g/mol. The quantitative estimate of drug-likeness (QED) is 0.915. The van der Waals surface area contributed by atoms with Gasteiger partial charge < -0.3 is 10.3 Å². The predicted octanol–water partition coefficient (Wildman–Crippen LogP) is 3.84. The van der Waals surface area contributed by atoms with Crippen LogP contribution in [0.2, 0.25) is 10.0 Å². The summed E-state index contributed by atoms with van der Waals surface area (Å²) < 4.78 is 5.10. The molecule has 1 aromatic heterocycles. The van der Waals surface area contributed by atoms with E-state index in [4.69, 9.17) is 33.5 Å². The topological polar surface area (TPSA) is 52.0 Å². The Kier molecular flexibility index (Phi) is 4.83. The van der Waals surface area contributed by atoms with Crippen LogP contribution in [0, 0.1) is 6.92 Å². The van der Waals surface area contributed by atoms with Gasteiger partial charge in [-0.05, 0) is 19.1 Å². The molecule has 2 aromatic rings. The first-order chi connectivity index (χ1) is 7.63. The molecule has 2 rings (SSSR count). The summed E-state index contributed by atoms with van der Waals surface area (Å²) in [5, 5.41) is 4.97. The van der Waals surface area contributed by atoms with Gasteiger partial charge in [0.05, 0.1) is 10.0 Å². The van der Waals surface area contributed by atoms with Crippen molar-refractivity contribution in [1.29, 1.82) is 0 Å². The van der Waals surface area contributed by atoms with Crippen LogP contribution in [0.25, 0.3) is 11.3 Å². The minimum atomic E-state index is 0. The fourth-order valence-electron chi connectivity index (χ4n) is 1.50. The van der Waals surface area contributed by atoms with E-state index in [0.717, 1.165) is 22.6 Å². The van der Waals surface area contributed by atoms with Gasteiger partial charge in [0, 0.05) is 17.7 Å². The highest BCUT2D eigenvalue weighted by Gasteiger charge is 2.13. The fraction of sp³-hybridized carbons (Fsp3) is 0.182. The Morgan fingerprint density at radius 3 is 2.59 bits per heavy atom. The molecule has 0 aliphatic carbocycles. The van der Waals surface area contributed by atoms with Gasteiger partial charge in [-0.2, -0.15) is 0 Å². The Balaban J connectivity index is 0.00000144. The number of hydrogen-bond donors (Lipinski definition) is 1. The van der Waals surface area contributed by atoms with Crippen LogP contribution in [0.5, 0.6) is 0 Å². The molecule has 0 atom stereocenters. The molecule has 92 valence electrons. The molecule has 6 heteroatoms. The molecule has 0 saturated heterocycles. The van der Waals surface area contributed by atoms with Crippen molar-refractivity contribution in [3.8, 4) is 11.3 Å². The summed E-state index contributed by atoms with van der Waals surface area (Å²) in [7, 11) is 0. The van der Waals surface area contributed by atoms with E-state index in [1.807, 2.05) is 13.0 Å². The minimum Gasteiger partial charge on any atom is -0.361 e. The van der Waals surface area contributed by atoms with Gasteiger partial charge in [-0.3, -0.25) is 0 Å². The third kappa shape index (κ3) is 2.75. The molecule has 0 aliphatic heterocycles. The van der Waals surface area contributed by atoms with E-state index in [0.29, 0.717) is 16.6 Å². The molecule has 0 aliphatic rings. The van der Waals surface area contributed by atoms with Crippen molar-refractivity contribution < 1.29 is 4.52 Å². The molecule has 0 unspecified atom stereocenters. The van der Waals surface area contributed by atoms with Crippen LogP contribution in [0.4, 0.5) is 0 Å². The molecule has 0 radical (unpaired) electrons. The highest BCUT2D eigenvalue weighted by molar-refractivity contribution is 6.42. The summed E-state index contributed by atoms with van der Waals surface area (Å²) in [6.45, 7) is 2.21. The lowest BCUT2D eigenvalue weighted by Gasteiger charge is -2.01. The number of rotatable bonds is 2. The van der Waals surface area contributed by atoms with Crippen LogP contribution in [-0.4, -0.2) is 5.16 Å². The van der Waals surface area contributed by atoms with Crippen LogP contribution in [0.1, 0.15) is 11.3 Å². The zero-order valence-corrected chi connectivity index (χ0v) is 11.4. The van der Waals surface area contributed by atoms with E-state index < -0.39 is 0 Å². The van der Waals surface area contributed by atoms with E-state index >= 15 is 0 Å². The summed E-state index contributed by atoms with van der Waals surface area (Å²) in [6, 6.07) is 5.31. The Morgan fingerprint density at radius 1 is 1.29 bits per heavy atom. The molecular weight excluding hydrogens is 282 g/mol. The van der Waals surface area contributed by atoms with E-state index in [1.165, 1.54) is 0 Å². The standard InChI is InChI=1S/C11H10Cl2N2O.ClH/c1-6-8(5-14)11(15-16-6)7-2-3-9(12)10(13)4-7;/h2-4H,5,14H2,1H3;1H. The Bertz CT molecular complexity index is 525. The lowest BCUT2D eigenvalue weighted by atomic mass is 10.1. The first-order valence-corrected chi connectivity index (χ1v) is 5.49. The summed E-state index contributed by atoms with van der Waals surface area (Å²) in [4.78, 5) is 0. The second kappa shape index (κ2) is 5.74. The Labute approximate surface area is 115 Å². The first-order valence-electron chi connectivity index (χ1n) is 4.74. The zero-order valence-electron chi connectivity index (χ0n) is 9.04. The van der Waals surface area contributed by atoms with Crippen molar-refractivity contribution in [2.24, 2.45) is 5.73 Å². The number of aryl methyl sites for hydroxylation is 1. The van der Waals surface area contributed by atoms with Crippen molar-refractivity contribution in [3.63, 3.8) is 0 Å². The van der Waals surface area contributed by atoms with E-state index in [2.05, 4.69) is 5.16 Å². The largest absolute Gasteiger partial charge is 0.361 e. The molecule has 1 heterocycles. The molecule has 0 saturated carbocycles. The third-order valence-corrected chi connectivity index (χ3v) is 3.12. The summed E-state index contributed by atoms with van der Waals surface area (Å²) in [5.74, 6) is 0.726. The van der Waals surface area contributed by atoms with Crippen molar-refractivity contribution in [2.75, 3.05) is 0 Å². The molecule has 3 nitrogen and oxygen atoms in total. The van der Waals surface area contributed by atoms with E-state index in [-0.39, 0.29) is 12.4 Å². The van der Waals surface area contributed by atoms with Crippen molar-refractivity contribution in [2.45, 2.75) is 13.5 Å². The Morgan fingerprint density at radius 2 is 2.00 bits per heavy atom. The average Bonchev–Trinajstić information content (AvgIpc) is 2.63. The van der Waals surface area contributed by atoms with Gasteiger partial charge >= 0.3 is 0 Å². The number of nitrogens with zero attached hydrogens (tertiary/aromatic N) is 1. The number of benzene rings is 1. The van der Waals surface area contributed by atoms with Crippen LogP contribution in [0.15, 0.2) is 22.7 Å². The van der Waals surface area contributed by atoms with E-state index in [1.54, 1.807) is 12.1 Å². The van der Waals surface area contributed by atoms with Crippen LogP contribution in [-0.2, 0) is 6.54 Å².